The third-order valence-electron chi connectivity index (χ3n) is 5.67. The van der Waals surface area contributed by atoms with E-state index < -0.39 is 30.0 Å². The smallest absolute Gasteiger partial charge is 0.411 e. The molecule has 0 bridgehead atoms. The van der Waals surface area contributed by atoms with Gasteiger partial charge in [-0.2, -0.15) is 0 Å². The van der Waals surface area contributed by atoms with E-state index in [0.717, 1.165) is 5.56 Å². The third kappa shape index (κ3) is 5.66. The van der Waals surface area contributed by atoms with Gasteiger partial charge in [0.2, 0.25) is 5.91 Å². The van der Waals surface area contributed by atoms with Gasteiger partial charge in [0.15, 0.2) is 12.1 Å². The van der Waals surface area contributed by atoms with Gasteiger partial charge in [-0.25, -0.2) is 9.18 Å². The number of amides is 3. The van der Waals surface area contributed by atoms with E-state index in [1.807, 2.05) is 30.3 Å². The molecule has 0 aliphatic carbocycles. The first-order chi connectivity index (χ1) is 16.8. The SMILES string of the molecule is CC(C)C(=O)Nc1ccc([C@@H]2OC(=O)N(Cc3ccccc3)[C@@H]2C(=O)Nc2cccc(F)c2)cc1. The van der Waals surface area contributed by atoms with Crippen molar-refractivity contribution in [1.82, 2.24) is 4.90 Å². The van der Waals surface area contributed by atoms with Crippen molar-refractivity contribution in [2.45, 2.75) is 32.5 Å². The lowest BCUT2D eigenvalue weighted by molar-refractivity contribution is -0.121. The highest BCUT2D eigenvalue weighted by atomic mass is 19.1. The second-order valence-electron chi connectivity index (χ2n) is 8.63. The molecule has 2 N–H and O–H groups in total. The Morgan fingerprint density at radius 2 is 1.66 bits per heavy atom. The Morgan fingerprint density at radius 3 is 2.31 bits per heavy atom. The molecule has 0 unspecified atom stereocenters. The van der Waals surface area contributed by atoms with E-state index >= 15 is 0 Å². The molecular weight excluding hydrogens is 449 g/mol. The number of nitrogens with zero attached hydrogens (tertiary/aromatic N) is 1. The summed E-state index contributed by atoms with van der Waals surface area (Å²) >= 11 is 0. The van der Waals surface area contributed by atoms with Gasteiger partial charge < -0.3 is 15.4 Å². The number of hydrogen-bond acceptors (Lipinski definition) is 4. The number of carbonyl (C=O) groups excluding carboxylic acids is 3. The van der Waals surface area contributed by atoms with Gasteiger partial charge in [0.1, 0.15) is 5.82 Å². The van der Waals surface area contributed by atoms with Crippen LogP contribution in [-0.2, 0) is 20.9 Å². The number of nitrogens with one attached hydrogen (secondary N) is 2. The average Bonchev–Trinajstić information content (AvgIpc) is 3.16. The number of anilines is 2. The first-order valence-electron chi connectivity index (χ1n) is 11.3. The maximum Gasteiger partial charge on any atom is 0.411 e. The van der Waals surface area contributed by atoms with Crippen LogP contribution in [0.25, 0.3) is 0 Å². The summed E-state index contributed by atoms with van der Waals surface area (Å²) in [6.07, 6.45) is -1.52. The quantitative estimate of drug-likeness (QED) is 0.497. The summed E-state index contributed by atoms with van der Waals surface area (Å²) in [4.78, 5) is 39.6. The van der Waals surface area contributed by atoms with Crippen LogP contribution in [-0.4, -0.2) is 28.8 Å². The van der Waals surface area contributed by atoms with Crippen molar-refractivity contribution >= 4 is 29.3 Å². The van der Waals surface area contributed by atoms with Gasteiger partial charge in [-0.05, 0) is 41.5 Å². The molecule has 1 saturated heterocycles. The van der Waals surface area contributed by atoms with E-state index in [9.17, 15) is 18.8 Å². The van der Waals surface area contributed by atoms with E-state index in [-0.39, 0.29) is 24.1 Å². The molecule has 0 aromatic heterocycles. The van der Waals surface area contributed by atoms with Crippen molar-refractivity contribution in [1.29, 1.82) is 0 Å². The normalized spacial score (nSPS) is 17.3. The monoisotopic (exact) mass is 475 g/mol. The van der Waals surface area contributed by atoms with Gasteiger partial charge in [-0.1, -0.05) is 62.4 Å². The van der Waals surface area contributed by atoms with Crippen molar-refractivity contribution in [3.05, 3.63) is 95.8 Å². The third-order valence-corrected chi connectivity index (χ3v) is 5.67. The summed E-state index contributed by atoms with van der Waals surface area (Å²) in [5, 5.41) is 5.51. The van der Waals surface area contributed by atoms with Crippen LogP contribution < -0.4 is 10.6 Å². The predicted molar refractivity (Wildman–Crippen MR) is 130 cm³/mol. The average molecular weight is 476 g/mol. The number of hydrogen-bond donors (Lipinski definition) is 2. The lowest BCUT2D eigenvalue weighted by atomic mass is 10.00. The van der Waals surface area contributed by atoms with Crippen LogP contribution in [0.2, 0.25) is 0 Å². The maximum atomic E-state index is 13.7. The molecule has 4 rings (SSSR count). The molecule has 3 aromatic carbocycles. The van der Waals surface area contributed by atoms with Gasteiger partial charge >= 0.3 is 6.09 Å². The van der Waals surface area contributed by atoms with E-state index in [0.29, 0.717) is 11.3 Å². The molecule has 35 heavy (non-hydrogen) atoms. The lowest BCUT2D eigenvalue weighted by Crippen LogP contribution is -2.43. The standard InChI is InChI=1S/C27H26FN3O4/c1-17(2)25(32)29-21-13-11-19(12-14-21)24-23(26(33)30-22-10-6-9-20(28)15-22)31(27(34)35-24)16-18-7-4-3-5-8-18/h3-15,17,23-24H,16H2,1-2H3,(H,29,32)(H,30,33)/t23-,24-/m0/s1. The van der Waals surface area contributed by atoms with Crippen LogP contribution in [0.15, 0.2) is 78.9 Å². The molecular formula is C27H26FN3O4. The van der Waals surface area contributed by atoms with Gasteiger partial charge in [-0.15, -0.1) is 0 Å². The van der Waals surface area contributed by atoms with Crippen LogP contribution in [0, 0.1) is 11.7 Å². The van der Waals surface area contributed by atoms with Gasteiger partial charge in [0.05, 0.1) is 6.54 Å². The highest BCUT2D eigenvalue weighted by Crippen LogP contribution is 2.35. The molecule has 7 nitrogen and oxygen atoms in total. The molecule has 1 aliphatic heterocycles. The Balaban J connectivity index is 1.62. The summed E-state index contributed by atoms with van der Waals surface area (Å²) < 4.78 is 19.3. The van der Waals surface area contributed by atoms with E-state index in [1.54, 1.807) is 44.2 Å². The predicted octanol–water partition coefficient (Wildman–Crippen LogP) is 5.12. The molecule has 2 atom stereocenters. The largest absolute Gasteiger partial charge is 0.438 e. The van der Waals surface area contributed by atoms with Crippen LogP contribution in [0.4, 0.5) is 20.6 Å². The Hall–Kier alpha value is -4.20. The van der Waals surface area contributed by atoms with Gasteiger partial charge in [-0.3, -0.25) is 14.5 Å². The van der Waals surface area contributed by atoms with Crippen molar-refractivity contribution in [3.8, 4) is 0 Å². The number of ether oxygens (including phenoxy) is 1. The van der Waals surface area contributed by atoms with Crippen molar-refractivity contribution in [2.24, 2.45) is 5.92 Å². The molecule has 8 heteroatoms. The van der Waals surface area contributed by atoms with E-state index in [1.165, 1.54) is 23.1 Å². The Bertz CT molecular complexity index is 1210. The first kappa shape index (κ1) is 23.9. The van der Waals surface area contributed by atoms with E-state index in [4.69, 9.17) is 4.74 Å². The van der Waals surface area contributed by atoms with Gasteiger partial charge in [0, 0.05) is 17.3 Å². The summed E-state index contributed by atoms with van der Waals surface area (Å²) in [6, 6.07) is 20.6. The molecule has 0 radical (unpaired) electrons. The van der Waals surface area contributed by atoms with Crippen molar-refractivity contribution in [3.63, 3.8) is 0 Å². The van der Waals surface area contributed by atoms with Crippen LogP contribution in [0.3, 0.4) is 0 Å². The fourth-order valence-electron chi connectivity index (χ4n) is 3.82. The number of halogens is 1. The Labute approximate surface area is 202 Å². The number of rotatable bonds is 7. The Kier molecular flexibility index (Phi) is 7.10. The zero-order valence-electron chi connectivity index (χ0n) is 19.4. The highest BCUT2D eigenvalue weighted by molar-refractivity contribution is 5.98. The summed E-state index contributed by atoms with van der Waals surface area (Å²) in [6.45, 7) is 3.76. The second kappa shape index (κ2) is 10.4. The van der Waals surface area contributed by atoms with Gasteiger partial charge in [0.25, 0.3) is 5.91 Å². The van der Waals surface area contributed by atoms with Crippen LogP contribution in [0.1, 0.15) is 31.1 Å². The topological polar surface area (TPSA) is 87.7 Å². The zero-order chi connectivity index (χ0) is 24.9. The summed E-state index contributed by atoms with van der Waals surface area (Å²) in [7, 11) is 0. The van der Waals surface area contributed by atoms with E-state index in [2.05, 4.69) is 10.6 Å². The minimum absolute atomic E-state index is 0.119. The first-order valence-corrected chi connectivity index (χ1v) is 11.3. The molecule has 3 aromatic rings. The molecule has 0 saturated carbocycles. The van der Waals surface area contributed by atoms with Crippen molar-refractivity contribution < 1.29 is 23.5 Å². The Morgan fingerprint density at radius 1 is 0.943 bits per heavy atom. The lowest BCUT2D eigenvalue weighted by Gasteiger charge is -2.24. The minimum Gasteiger partial charge on any atom is -0.438 e. The number of carbonyl (C=O) groups is 3. The fourth-order valence-corrected chi connectivity index (χ4v) is 3.82. The molecule has 180 valence electrons. The zero-order valence-corrected chi connectivity index (χ0v) is 19.4. The summed E-state index contributed by atoms with van der Waals surface area (Å²) in [5.74, 6) is -1.28. The van der Waals surface area contributed by atoms with Crippen LogP contribution >= 0.6 is 0 Å². The summed E-state index contributed by atoms with van der Waals surface area (Å²) in [5.41, 5.74) is 2.30. The fraction of sp³-hybridized carbons (Fsp3) is 0.222. The molecule has 1 fully saturated rings. The molecule has 1 heterocycles. The highest BCUT2D eigenvalue weighted by Gasteiger charge is 2.47. The molecule has 3 amide bonds. The molecule has 1 aliphatic rings. The number of benzene rings is 3. The minimum atomic E-state index is -0.998. The maximum absolute atomic E-state index is 13.7. The number of cyclic esters (lactones) is 1. The molecule has 0 spiro atoms. The second-order valence-corrected chi connectivity index (χ2v) is 8.63. The van der Waals surface area contributed by atoms with Crippen molar-refractivity contribution in [2.75, 3.05) is 10.6 Å². The van der Waals surface area contributed by atoms with Crippen LogP contribution in [0.5, 0.6) is 0 Å².